The van der Waals surface area contributed by atoms with Crippen LogP contribution in [-0.2, 0) is 4.79 Å². The minimum atomic E-state index is -0.454. The van der Waals surface area contributed by atoms with E-state index in [2.05, 4.69) is 13.0 Å². The van der Waals surface area contributed by atoms with E-state index in [0.29, 0.717) is 5.88 Å². The molecule has 0 N–H and O–H groups in total. The van der Waals surface area contributed by atoms with Crippen molar-refractivity contribution in [2.75, 3.05) is 0 Å². The molecule has 0 aliphatic rings. The minimum Gasteiger partial charge on any atom is -0.404 e. The zero-order valence-corrected chi connectivity index (χ0v) is 16.9. The maximum absolute atomic E-state index is 12.5. The summed E-state index contributed by atoms with van der Waals surface area (Å²) in [5.41, 5.74) is 5.74. The number of ether oxygens (including phenoxy) is 1. The van der Waals surface area contributed by atoms with E-state index in [1.165, 1.54) is 6.08 Å². The highest BCUT2D eigenvalue weighted by atomic mass is 16.5. The van der Waals surface area contributed by atoms with Gasteiger partial charge in [0, 0.05) is 17.7 Å². The molecule has 0 radical (unpaired) electrons. The van der Waals surface area contributed by atoms with Gasteiger partial charge in [-0.25, -0.2) is 4.79 Å². The van der Waals surface area contributed by atoms with Gasteiger partial charge in [-0.05, 0) is 42.7 Å². The van der Waals surface area contributed by atoms with Gasteiger partial charge in [-0.1, -0.05) is 72.8 Å². The number of carbonyl (C=O) groups is 1. The first-order valence-electron chi connectivity index (χ1n) is 9.79. The molecule has 4 heteroatoms. The molecule has 0 saturated carbocycles. The normalized spacial score (nSPS) is 11.0. The molecule has 1 aromatic heterocycles. The van der Waals surface area contributed by atoms with E-state index >= 15 is 0 Å². The van der Waals surface area contributed by atoms with Gasteiger partial charge in [0.25, 0.3) is 0 Å². The summed E-state index contributed by atoms with van der Waals surface area (Å²) in [4.78, 5) is 12.5. The van der Waals surface area contributed by atoms with Crippen molar-refractivity contribution in [3.05, 3.63) is 108 Å². The molecule has 0 amide bonds. The Hall–Kier alpha value is -3.92. The standard InChI is InChI=1S/C26H22N2O2/c1-19-10-9-15-24(20(19)2)28-25(18-23(27-28)22-13-7-4-8-14-22)30-26(29)17-16-21-11-5-3-6-12-21/h3-18H,1-2H3/b17-16+. The molecule has 0 bridgehead atoms. The second kappa shape index (κ2) is 8.62. The number of rotatable bonds is 5. The lowest BCUT2D eigenvalue weighted by atomic mass is 10.1. The lowest BCUT2D eigenvalue weighted by Crippen LogP contribution is -2.09. The SMILES string of the molecule is Cc1cccc(-n2nc(-c3ccccc3)cc2OC(=O)/C=C/c2ccccc2)c1C. The highest BCUT2D eigenvalue weighted by Crippen LogP contribution is 2.28. The number of aromatic nitrogens is 2. The average Bonchev–Trinajstić information content (AvgIpc) is 3.19. The second-order valence-corrected chi connectivity index (χ2v) is 7.03. The third-order valence-electron chi connectivity index (χ3n) is 4.97. The highest BCUT2D eigenvalue weighted by molar-refractivity contribution is 5.88. The van der Waals surface area contributed by atoms with E-state index in [9.17, 15) is 4.79 Å². The summed E-state index contributed by atoms with van der Waals surface area (Å²) >= 11 is 0. The van der Waals surface area contributed by atoms with Gasteiger partial charge in [0.15, 0.2) is 0 Å². The zero-order valence-electron chi connectivity index (χ0n) is 16.9. The molecule has 148 valence electrons. The lowest BCUT2D eigenvalue weighted by molar-refractivity contribution is -0.129. The molecule has 0 saturated heterocycles. The summed E-state index contributed by atoms with van der Waals surface area (Å²) in [7, 11) is 0. The number of benzene rings is 3. The van der Waals surface area contributed by atoms with Gasteiger partial charge in [0.2, 0.25) is 5.88 Å². The summed E-state index contributed by atoms with van der Waals surface area (Å²) in [6.45, 7) is 4.09. The number of nitrogens with zero attached hydrogens (tertiary/aromatic N) is 2. The molecule has 0 fully saturated rings. The number of carbonyl (C=O) groups excluding carboxylic acids is 1. The van der Waals surface area contributed by atoms with Crippen LogP contribution in [0.4, 0.5) is 0 Å². The van der Waals surface area contributed by atoms with Crippen LogP contribution in [0.25, 0.3) is 23.0 Å². The highest BCUT2D eigenvalue weighted by Gasteiger charge is 2.16. The predicted molar refractivity (Wildman–Crippen MR) is 120 cm³/mol. The molecule has 0 aliphatic carbocycles. The first-order valence-corrected chi connectivity index (χ1v) is 9.79. The molecule has 4 aromatic rings. The quantitative estimate of drug-likeness (QED) is 0.319. The van der Waals surface area contributed by atoms with E-state index in [0.717, 1.165) is 33.6 Å². The maximum atomic E-state index is 12.5. The number of aryl methyl sites for hydroxylation is 1. The van der Waals surface area contributed by atoms with Gasteiger partial charge in [0.05, 0.1) is 11.4 Å². The van der Waals surface area contributed by atoms with Crippen molar-refractivity contribution in [2.45, 2.75) is 13.8 Å². The third-order valence-corrected chi connectivity index (χ3v) is 4.97. The van der Waals surface area contributed by atoms with Crippen LogP contribution in [0.1, 0.15) is 16.7 Å². The Morgan fingerprint density at radius 1 is 0.900 bits per heavy atom. The van der Waals surface area contributed by atoms with Gasteiger partial charge >= 0.3 is 5.97 Å². The smallest absolute Gasteiger partial charge is 0.337 e. The molecule has 30 heavy (non-hydrogen) atoms. The summed E-state index contributed by atoms with van der Waals surface area (Å²) in [6.07, 6.45) is 3.16. The monoisotopic (exact) mass is 394 g/mol. The first-order chi connectivity index (χ1) is 14.6. The van der Waals surface area contributed by atoms with E-state index in [1.807, 2.05) is 79.7 Å². The molecule has 0 aliphatic heterocycles. The molecule has 0 atom stereocenters. The Bertz CT molecular complexity index is 1190. The molecule has 1 heterocycles. The first kappa shape index (κ1) is 19.4. The molecule has 3 aromatic carbocycles. The van der Waals surface area contributed by atoms with E-state index in [4.69, 9.17) is 9.84 Å². The summed E-state index contributed by atoms with van der Waals surface area (Å²) in [5.74, 6) is -0.0739. The van der Waals surface area contributed by atoms with Gasteiger partial charge in [0.1, 0.15) is 0 Å². The molecule has 0 spiro atoms. The molecule has 4 nitrogen and oxygen atoms in total. The van der Waals surface area contributed by atoms with E-state index < -0.39 is 5.97 Å². The molecular formula is C26H22N2O2. The van der Waals surface area contributed by atoms with Crippen molar-refractivity contribution in [2.24, 2.45) is 0 Å². The Morgan fingerprint density at radius 2 is 1.60 bits per heavy atom. The summed E-state index contributed by atoms with van der Waals surface area (Å²) in [5, 5.41) is 4.74. The van der Waals surface area contributed by atoms with Crippen LogP contribution in [-0.4, -0.2) is 15.7 Å². The van der Waals surface area contributed by atoms with Crippen LogP contribution in [0.2, 0.25) is 0 Å². The lowest BCUT2D eigenvalue weighted by Gasteiger charge is -2.11. The van der Waals surface area contributed by atoms with Crippen molar-refractivity contribution in [3.8, 4) is 22.8 Å². The molecular weight excluding hydrogens is 372 g/mol. The second-order valence-electron chi connectivity index (χ2n) is 7.03. The average molecular weight is 394 g/mol. The largest absolute Gasteiger partial charge is 0.404 e. The number of esters is 1. The van der Waals surface area contributed by atoms with E-state index in [-0.39, 0.29) is 0 Å². The van der Waals surface area contributed by atoms with Crippen LogP contribution in [0.3, 0.4) is 0 Å². The Balaban J connectivity index is 1.70. The van der Waals surface area contributed by atoms with Crippen molar-refractivity contribution in [1.82, 2.24) is 9.78 Å². The van der Waals surface area contributed by atoms with Crippen LogP contribution in [0.15, 0.2) is 91.0 Å². The predicted octanol–water partition coefficient (Wildman–Crippen LogP) is 5.77. The van der Waals surface area contributed by atoms with Crippen molar-refractivity contribution < 1.29 is 9.53 Å². The Labute approximate surface area is 176 Å². The summed E-state index contributed by atoms with van der Waals surface area (Å²) < 4.78 is 7.39. The van der Waals surface area contributed by atoms with Gasteiger partial charge in [-0.15, -0.1) is 0 Å². The fourth-order valence-electron chi connectivity index (χ4n) is 3.19. The minimum absolute atomic E-state index is 0.380. The molecule has 0 unspecified atom stereocenters. The van der Waals surface area contributed by atoms with Crippen molar-refractivity contribution in [3.63, 3.8) is 0 Å². The summed E-state index contributed by atoms with van der Waals surface area (Å²) in [6, 6.07) is 27.3. The van der Waals surface area contributed by atoms with Gasteiger partial charge in [-0.3, -0.25) is 0 Å². The van der Waals surface area contributed by atoms with Gasteiger partial charge < -0.3 is 4.74 Å². The topological polar surface area (TPSA) is 44.1 Å². The van der Waals surface area contributed by atoms with Crippen LogP contribution in [0.5, 0.6) is 5.88 Å². The fourth-order valence-corrected chi connectivity index (χ4v) is 3.19. The molecule has 4 rings (SSSR count). The van der Waals surface area contributed by atoms with Crippen LogP contribution >= 0.6 is 0 Å². The van der Waals surface area contributed by atoms with Crippen molar-refractivity contribution in [1.29, 1.82) is 0 Å². The zero-order chi connectivity index (χ0) is 20.9. The fraction of sp³-hybridized carbons (Fsp3) is 0.0769. The van der Waals surface area contributed by atoms with Gasteiger partial charge in [-0.2, -0.15) is 9.78 Å². The van der Waals surface area contributed by atoms with Crippen molar-refractivity contribution >= 4 is 12.0 Å². The number of hydrogen-bond acceptors (Lipinski definition) is 3. The van der Waals surface area contributed by atoms with Crippen LogP contribution < -0.4 is 4.74 Å². The number of hydrogen-bond donors (Lipinski definition) is 0. The van der Waals surface area contributed by atoms with E-state index in [1.54, 1.807) is 16.8 Å². The third kappa shape index (κ3) is 4.23. The van der Waals surface area contributed by atoms with Crippen LogP contribution in [0, 0.1) is 13.8 Å². The Morgan fingerprint density at radius 3 is 2.33 bits per heavy atom. The maximum Gasteiger partial charge on any atom is 0.337 e. The Kier molecular flexibility index (Phi) is 5.57.